The van der Waals surface area contributed by atoms with Crippen LogP contribution >= 0.6 is 11.8 Å². The fraction of sp³-hybridized carbons (Fsp3) is 0.385. The molecule has 0 atom stereocenters. The van der Waals surface area contributed by atoms with Gasteiger partial charge in [-0.2, -0.15) is 11.8 Å². The van der Waals surface area contributed by atoms with E-state index < -0.39 is 5.97 Å². The number of carboxylic acids is 1. The first-order valence-corrected chi connectivity index (χ1v) is 7.43. The molecule has 0 aromatic heterocycles. The van der Waals surface area contributed by atoms with Crippen molar-refractivity contribution in [1.29, 1.82) is 0 Å². The van der Waals surface area contributed by atoms with Crippen LogP contribution in [-0.4, -0.2) is 51.7 Å². The third kappa shape index (κ3) is 3.57. The van der Waals surface area contributed by atoms with Crippen LogP contribution in [0.15, 0.2) is 18.2 Å². The molecule has 1 fully saturated rings. The molecule has 0 spiro atoms. The number of nitrogens with one attached hydrogen (secondary N) is 1. The highest BCUT2D eigenvalue weighted by Gasteiger charge is 2.17. The number of thioether (sulfide) groups is 1. The largest absolute Gasteiger partial charge is 0.506 e. The number of carbonyl (C=O) groups is 2. The van der Waals surface area contributed by atoms with Gasteiger partial charge >= 0.3 is 12.0 Å². The van der Waals surface area contributed by atoms with Crippen LogP contribution in [0.2, 0.25) is 0 Å². The van der Waals surface area contributed by atoms with Gasteiger partial charge < -0.3 is 20.4 Å². The molecule has 1 saturated heterocycles. The first-order chi connectivity index (χ1) is 9.58. The van der Waals surface area contributed by atoms with Crippen molar-refractivity contribution >= 4 is 29.4 Å². The third-order valence-corrected chi connectivity index (χ3v) is 4.04. The fourth-order valence-electron chi connectivity index (χ4n) is 1.91. The summed E-state index contributed by atoms with van der Waals surface area (Å²) in [7, 11) is 0. The molecule has 108 valence electrons. The van der Waals surface area contributed by atoms with Gasteiger partial charge in [0.1, 0.15) is 5.75 Å². The SMILES string of the molecule is O=C(O)c1ccc(NC(=O)N2CCCSCC2)c(O)c1. The molecule has 1 aliphatic heterocycles. The van der Waals surface area contributed by atoms with Crippen molar-refractivity contribution in [3.05, 3.63) is 23.8 Å². The van der Waals surface area contributed by atoms with Crippen LogP contribution in [0.1, 0.15) is 16.8 Å². The maximum atomic E-state index is 12.1. The number of phenolic OH excluding ortho intramolecular Hbond substituents is 1. The number of urea groups is 1. The van der Waals surface area contributed by atoms with Crippen LogP contribution in [0, 0.1) is 0 Å². The van der Waals surface area contributed by atoms with Gasteiger partial charge in [-0.05, 0) is 30.4 Å². The lowest BCUT2D eigenvalue weighted by molar-refractivity contribution is 0.0696. The molecule has 2 amide bonds. The number of aromatic hydroxyl groups is 1. The van der Waals surface area contributed by atoms with Crippen molar-refractivity contribution in [1.82, 2.24) is 4.90 Å². The van der Waals surface area contributed by atoms with E-state index in [1.54, 1.807) is 4.90 Å². The van der Waals surface area contributed by atoms with Crippen LogP contribution in [0.25, 0.3) is 0 Å². The molecule has 1 aliphatic rings. The summed E-state index contributed by atoms with van der Waals surface area (Å²) < 4.78 is 0. The van der Waals surface area contributed by atoms with Crippen LogP contribution in [-0.2, 0) is 0 Å². The van der Waals surface area contributed by atoms with Gasteiger partial charge in [-0.15, -0.1) is 0 Å². The van der Waals surface area contributed by atoms with Gasteiger partial charge in [-0.25, -0.2) is 9.59 Å². The summed E-state index contributed by atoms with van der Waals surface area (Å²) >= 11 is 1.82. The number of amides is 2. The molecule has 0 aliphatic carbocycles. The zero-order valence-electron chi connectivity index (χ0n) is 10.8. The summed E-state index contributed by atoms with van der Waals surface area (Å²) in [4.78, 5) is 24.5. The Morgan fingerprint density at radius 1 is 1.25 bits per heavy atom. The Hall–Kier alpha value is -1.89. The predicted octanol–water partition coefficient (Wildman–Crippen LogP) is 2.06. The predicted molar refractivity (Wildman–Crippen MR) is 77.6 cm³/mol. The Morgan fingerprint density at radius 2 is 2.05 bits per heavy atom. The summed E-state index contributed by atoms with van der Waals surface area (Å²) in [5.74, 6) is 0.574. The molecule has 20 heavy (non-hydrogen) atoms. The Bertz CT molecular complexity index is 513. The van der Waals surface area contributed by atoms with E-state index in [4.69, 9.17) is 5.11 Å². The van der Waals surface area contributed by atoms with Crippen LogP contribution in [0.5, 0.6) is 5.75 Å². The lowest BCUT2D eigenvalue weighted by Gasteiger charge is -2.20. The second-order valence-electron chi connectivity index (χ2n) is 4.42. The number of anilines is 1. The molecular weight excluding hydrogens is 280 g/mol. The second kappa shape index (κ2) is 6.51. The molecule has 0 bridgehead atoms. The zero-order chi connectivity index (χ0) is 14.5. The highest BCUT2D eigenvalue weighted by Crippen LogP contribution is 2.25. The van der Waals surface area contributed by atoms with E-state index in [2.05, 4.69) is 5.32 Å². The van der Waals surface area contributed by atoms with Crippen LogP contribution in [0.3, 0.4) is 0 Å². The Kier molecular flexibility index (Phi) is 4.73. The lowest BCUT2D eigenvalue weighted by atomic mass is 10.2. The van der Waals surface area contributed by atoms with E-state index in [0.717, 1.165) is 24.0 Å². The molecule has 3 N–H and O–H groups in total. The van der Waals surface area contributed by atoms with E-state index in [1.165, 1.54) is 12.1 Å². The molecule has 1 heterocycles. The van der Waals surface area contributed by atoms with Gasteiger partial charge in [0.15, 0.2) is 0 Å². The second-order valence-corrected chi connectivity index (χ2v) is 5.64. The Morgan fingerprint density at radius 3 is 2.75 bits per heavy atom. The maximum Gasteiger partial charge on any atom is 0.335 e. The zero-order valence-corrected chi connectivity index (χ0v) is 11.7. The van der Waals surface area contributed by atoms with E-state index >= 15 is 0 Å². The highest BCUT2D eigenvalue weighted by atomic mass is 32.2. The third-order valence-electron chi connectivity index (χ3n) is 3.00. The average Bonchev–Trinajstić information content (AvgIpc) is 2.69. The molecule has 6 nitrogen and oxygen atoms in total. The first-order valence-electron chi connectivity index (χ1n) is 6.28. The monoisotopic (exact) mass is 296 g/mol. The minimum atomic E-state index is -1.12. The van der Waals surface area contributed by atoms with E-state index in [1.807, 2.05) is 11.8 Å². The standard InChI is InChI=1S/C13H16N2O4S/c16-11-8-9(12(17)18)2-3-10(11)14-13(19)15-4-1-6-20-7-5-15/h2-3,8,16H,1,4-7H2,(H,14,19)(H,17,18). The summed E-state index contributed by atoms with van der Waals surface area (Å²) in [6.45, 7) is 1.36. The van der Waals surface area contributed by atoms with Crippen molar-refractivity contribution in [2.24, 2.45) is 0 Å². The van der Waals surface area contributed by atoms with Crippen molar-refractivity contribution < 1.29 is 19.8 Å². The number of carboxylic acid groups (broad SMARTS) is 1. The van der Waals surface area contributed by atoms with E-state index in [-0.39, 0.29) is 23.0 Å². The van der Waals surface area contributed by atoms with Crippen LogP contribution in [0.4, 0.5) is 10.5 Å². The summed E-state index contributed by atoms with van der Waals surface area (Å²) in [6, 6.07) is 3.58. The number of benzene rings is 1. The average molecular weight is 296 g/mol. The van der Waals surface area contributed by atoms with Gasteiger partial charge in [0.05, 0.1) is 11.3 Å². The Labute approximate surface area is 120 Å². The lowest BCUT2D eigenvalue weighted by Crippen LogP contribution is -2.36. The van der Waals surface area contributed by atoms with Gasteiger partial charge in [0.2, 0.25) is 0 Å². The maximum absolute atomic E-state index is 12.1. The molecular formula is C13H16N2O4S. The van der Waals surface area contributed by atoms with Gasteiger partial charge in [0, 0.05) is 18.8 Å². The van der Waals surface area contributed by atoms with E-state index in [9.17, 15) is 14.7 Å². The van der Waals surface area contributed by atoms with E-state index in [0.29, 0.717) is 13.1 Å². The topological polar surface area (TPSA) is 89.9 Å². The van der Waals surface area contributed by atoms with Gasteiger partial charge in [-0.3, -0.25) is 0 Å². The fourth-order valence-corrected chi connectivity index (χ4v) is 2.80. The molecule has 0 saturated carbocycles. The number of phenols is 1. The molecule has 0 unspecified atom stereocenters. The highest BCUT2D eigenvalue weighted by molar-refractivity contribution is 7.99. The van der Waals surface area contributed by atoms with Gasteiger partial charge in [-0.1, -0.05) is 0 Å². The Balaban J connectivity index is 2.05. The molecule has 1 aromatic carbocycles. The quantitative estimate of drug-likeness (QED) is 0.727. The van der Waals surface area contributed by atoms with Crippen molar-refractivity contribution in [3.8, 4) is 5.75 Å². The number of hydrogen-bond donors (Lipinski definition) is 3. The normalized spacial score (nSPS) is 15.5. The molecule has 7 heteroatoms. The van der Waals surface area contributed by atoms with Crippen molar-refractivity contribution in [2.75, 3.05) is 29.9 Å². The van der Waals surface area contributed by atoms with Crippen LogP contribution < -0.4 is 5.32 Å². The first kappa shape index (κ1) is 14.5. The minimum Gasteiger partial charge on any atom is -0.506 e. The number of rotatable bonds is 2. The van der Waals surface area contributed by atoms with Crippen molar-refractivity contribution in [3.63, 3.8) is 0 Å². The molecule has 2 rings (SSSR count). The minimum absolute atomic E-state index is 0.0216. The van der Waals surface area contributed by atoms with Crippen molar-refractivity contribution in [2.45, 2.75) is 6.42 Å². The van der Waals surface area contributed by atoms with Gasteiger partial charge in [0.25, 0.3) is 0 Å². The number of carbonyl (C=O) groups excluding carboxylic acids is 1. The number of aromatic carboxylic acids is 1. The summed E-state index contributed by atoms with van der Waals surface area (Å²) in [6.07, 6.45) is 0.946. The summed E-state index contributed by atoms with van der Waals surface area (Å²) in [5, 5.41) is 21.2. The molecule has 0 radical (unpaired) electrons. The summed E-state index contributed by atoms with van der Waals surface area (Å²) in [5.41, 5.74) is 0.198. The number of hydrogen-bond acceptors (Lipinski definition) is 4. The molecule has 1 aromatic rings. The number of nitrogens with zero attached hydrogens (tertiary/aromatic N) is 1. The smallest absolute Gasteiger partial charge is 0.335 e.